The molecular formula is C20H19NO4S. The molecule has 2 heterocycles. The molecule has 1 aliphatic heterocycles. The average Bonchev–Trinajstić information content (AvgIpc) is 3.16. The van der Waals surface area contributed by atoms with Gasteiger partial charge in [-0.1, -0.05) is 48.5 Å². The molecule has 6 heteroatoms. The fourth-order valence-corrected chi connectivity index (χ4v) is 4.98. The molecule has 0 saturated carbocycles. The summed E-state index contributed by atoms with van der Waals surface area (Å²) in [4.78, 5) is 12.7. The van der Waals surface area contributed by atoms with E-state index < -0.39 is 21.9 Å². The molecule has 0 N–H and O–H groups in total. The highest BCUT2D eigenvalue weighted by atomic mass is 32.2. The van der Waals surface area contributed by atoms with Crippen molar-refractivity contribution in [3.63, 3.8) is 0 Å². The number of esters is 1. The van der Waals surface area contributed by atoms with Gasteiger partial charge in [0.15, 0.2) is 9.84 Å². The first-order valence-corrected chi connectivity index (χ1v) is 10.4. The van der Waals surface area contributed by atoms with Crippen molar-refractivity contribution in [2.75, 3.05) is 11.5 Å². The predicted octanol–water partition coefficient (Wildman–Crippen LogP) is 3.03. The van der Waals surface area contributed by atoms with Crippen LogP contribution in [0.25, 0.3) is 10.9 Å². The van der Waals surface area contributed by atoms with E-state index >= 15 is 0 Å². The maximum atomic E-state index is 12.7. The molecule has 0 bridgehead atoms. The van der Waals surface area contributed by atoms with Crippen LogP contribution >= 0.6 is 0 Å². The Balaban J connectivity index is 1.64. The van der Waals surface area contributed by atoms with E-state index in [1.54, 1.807) is 6.20 Å². The highest BCUT2D eigenvalue weighted by Gasteiger charge is 2.31. The number of para-hydroxylation sites is 1. The van der Waals surface area contributed by atoms with Gasteiger partial charge >= 0.3 is 5.97 Å². The van der Waals surface area contributed by atoms with Crippen molar-refractivity contribution in [3.05, 3.63) is 71.9 Å². The Kier molecular flexibility index (Phi) is 4.28. The lowest BCUT2D eigenvalue weighted by Gasteiger charge is -2.09. The van der Waals surface area contributed by atoms with E-state index in [2.05, 4.69) is 0 Å². The minimum Gasteiger partial charge on any atom is -0.458 e. The molecule has 0 spiro atoms. The number of carbonyl (C=O) groups is 1. The van der Waals surface area contributed by atoms with Gasteiger partial charge in [-0.25, -0.2) is 13.2 Å². The highest BCUT2D eigenvalue weighted by molar-refractivity contribution is 7.91. The third kappa shape index (κ3) is 3.37. The van der Waals surface area contributed by atoms with Gasteiger partial charge in [-0.3, -0.25) is 0 Å². The third-order valence-corrected chi connectivity index (χ3v) is 6.41. The fourth-order valence-electron chi connectivity index (χ4n) is 3.39. The Morgan fingerprint density at radius 1 is 1.08 bits per heavy atom. The average molecular weight is 369 g/mol. The number of rotatable bonds is 4. The van der Waals surface area contributed by atoms with Crippen LogP contribution in [-0.2, 0) is 21.1 Å². The molecule has 0 unspecified atom stereocenters. The number of hydrogen-bond acceptors (Lipinski definition) is 4. The Labute approximate surface area is 152 Å². The maximum absolute atomic E-state index is 12.7. The first-order valence-electron chi connectivity index (χ1n) is 8.55. The van der Waals surface area contributed by atoms with Gasteiger partial charge in [0.1, 0.15) is 6.10 Å². The van der Waals surface area contributed by atoms with Crippen LogP contribution in [0.4, 0.5) is 0 Å². The molecule has 2 aromatic carbocycles. The molecule has 0 aliphatic carbocycles. The van der Waals surface area contributed by atoms with Crippen LogP contribution in [0, 0.1) is 0 Å². The van der Waals surface area contributed by atoms with Gasteiger partial charge in [0.2, 0.25) is 0 Å². The summed E-state index contributed by atoms with van der Waals surface area (Å²) in [5, 5.41) is 0.814. The number of sulfone groups is 1. The summed E-state index contributed by atoms with van der Waals surface area (Å²) in [6.45, 7) is 0.645. The largest absolute Gasteiger partial charge is 0.458 e. The zero-order valence-corrected chi connectivity index (χ0v) is 15.0. The minimum atomic E-state index is -3.08. The first kappa shape index (κ1) is 16.8. The lowest BCUT2D eigenvalue weighted by atomic mass is 10.2. The summed E-state index contributed by atoms with van der Waals surface area (Å²) in [7, 11) is -3.08. The fraction of sp³-hybridized carbons (Fsp3) is 0.250. The maximum Gasteiger partial charge on any atom is 0.340 e. The van der Waals surface area contributed by atoms with Gasteiger partial charge in [0.25, 0.3) is 0 Å². The zero-order valence-electron chi connectivity index (χ0n) is 14.2. The molecule has 0 radical (unpaired) electrons. The minimum absolute atomic E-state index is 0.0819. The molecule has 5 nitrogen and oxygen atoms in total. The van der Waals surface area contributed by atoms with Crippen molar-refractivity contribution >= 4 is 26.7 Å². The van der Waals surface area contributed by atoms with Crippen LogP contribution in [0.1, 0.15) is 22.3 Å². The van der Waals surface area contributed by atoms with Gasteiger partial charge < -0.3 is 9.30 Å². The van der Waals surface area contributed by atoms with Gasteiger partial charge in [-0.2, -0.15) is 0 Å². The van der Waals surface area contributed by atoms with E-state index in [9.17, 15) is 13.2 Å². The van der Waals surface area contributed by atoms with Crippen molar-refractivity contribution in [2.24, 2.45) is 0 Å². The lowest BCUT2D eigenvalue weighted by molar-refractivity contribution is 0.0358. The summed E-state index contributed by atoms with van der Waals surface area (Å²) in [5.41, 5.74) is 2.55. The quantitative estimate of drug-likeness (QED) is 0.663. The van der Waals surface area contributed by atoms with Crippen molar-refractivity contribution < 1.29 is 17.9 Å². The topological polar surface area (TPSA) is 65.4 Å². The first-order chi connectivity index (χ1) is 12.5. The smallest absolute Gasteiger partial charge is 0.340 e. The summed E-state index contributed by atoms with van der Waals surface area (Å²) in [6, 6.07) is 17.7. The SMILES string of the molecule is O=C(O[C@H]1CCS(=O)(=O)C1)c1cn(Cc2ccccc2)c2ccccc12. The Bertz CT molecular complexity index is 1050. The monoisotopic (exact) mass is 369 g/mol. The number of nitrogens with zero attached hydrogens (tertiary/aromatic N) is 1. The predicted molar refractivity (Wildman–Crippen MR) is 100.0 cm³/mol. The summed E-state index contributed by atoms with van der Waals surface area (Å²) < 4.78 is 30.7. The van der Waals surface area contributed by atoms with E-state index in [1.165, 1.54) is 0 Å². The highest BCUT2D eigenvalue weighted by Crippen LogP contribution is 2.25. The number of fused-ring (bicyclic) bond motifs is 1. The van der Waals surface area contributed by atoms with Crippen molar-refractivity contribution in [3.8, 4) is 0 Å². The second-order valence-electron chi connectivity index (χ2n) is 6.60. The summed E-state index contributed by atoms with van der Waals surface area (Å²) in [6.07, 6.45) is 1.61. The molecule has 1 atom stereocenters. The van der Waals surface area contributed by atoms with Crippen LogP contribution in [0.3, 0.4) is 0 Å². The van der Waals surface area contributed by atoms with Crippen molar-refractivity contribution in [1.82, 2.24) is 4.57 Å². The molecule has 4 rings (SSSR count). The van der Waals surface area contributed by atoms with E-state index in [0.717, 1.165) is 16.5 Å². The van der Waals surface area contributed by atoms with Crippen LogP contribution in [0.5, 0.6) is 0 Å². The van der Waals surface area contributed by atoms with E-state index in [1.807, 2.05) is 59.2 Å². The standard InChI is InChI=1S/C20H19NO4S/c22-20(25-16-10-11-26(23,24)14-16)18-13-21(12-15-6-2-1-3-7-15)19-9-5-4-8-17(18)19/h1-9,13,16H,10-12,14H2/t16-/m0/s1. The number of benzene rings is 2. The second-order valence-corrected chi connectivity index (χ2v) is 8.83. The van der Waals surface area contributed by atoms with E-state index in [4.69, 9.17) is 4.74 Å². The molecular weight excluding hydrogens is 350 g/mol. The molecule has 3 aromatic rings. The van der Waals surface area contributed by atoms with E-state index in [-0.39, 0.29) is 11.5 Å². The van der Waals surface area contributed by atoms with Crippen molar-refractivity contribution in [2.45, 2.75) is 19.1 Å². The third-order valence-electron chi connectivity index (χ3n) is 4.67. The molecule has 1 aliphatic rings. The summed E-state index contributed by atoms with van der Waals surface area (Å²) >= 11 is 0. The molecule has 1 saturated heterocycles. The van der Waals surface area contributed by atoms with Crippen LogP contribution in [0.15, 0.2) is 60.8 Å². The molecule has 26 heavy (non-hydrogen) atoms. The number of ether oxygens (including phenoxy) is 1. The van der Waals surface area contributed by atoms with Gasteiger partial charge in [-0.05, 0) is 18.1 Å². The van der Waals surface area contributed by atoms with Gasteiger partial charge in [0.05, 0.1) is 17.1 Å². The summed E-state index contributed by atoms with van der Waals surface area (Å²) in [5.74, 6) is -0.461. The molecule has 134 valence electrons. The van der Waals surface area contributed by atoms with Gasteiger partial charge in [0, 0.05) is 23.6 Å². The second kappa shape index (κ2) is 6.61. The molecule has 0 amide bonds. The number of aromatic nitrogens is 1. The normalized spacial score (nSPS) is 18.8. The zero-order chi connectivity index (χ0) is 18.1. The lowest BCUT2D eigenvalue weighted by Crippen LogP contribution is -2.19. The van der Waals surface area contributed by atoms with Crippen molar-refractivity contribution in [1.29, 1.82) is 0 Å². The van der Waals surface area contributed by atoms with Crippen LogP contribution in [0.2, 0.25) is 0 Å². The Morgan fingerprint density at radius 3 is 2.54 bits per heavy atom. The number of hydrogen-bond donors (Lipinski definition) is 0. The Morgan fingerprint density at radius 2 is 1.81 bits per heavy atom. The van der Waals surface area contributed by atoms with Crippen LogP contribution < -0.4 is 0 Å². The molecule has 1 aromatic heterocycles. The van der Waals surface area contributed by atoms with Gasteiger partial charge in [-0.15, -0.1) is 0 Å². The Hall–Kier alpha value is -2.60. The van der Waals surface area contributed by atoms with E-state index in [0.29, 0.717) is 18.5 Å². The molecule has 1 fully saturated rings. The number of carbonyl (C=O) groups excluding carboxylic acids is 1. The van der Waals surface area contributed by atoms with Crippen LogP contribution in [-0.4, -0.2) is 36.6 Å².